The van der Waals surface area contributed by atoms with E-state index in [0.717, 1.165) is 12.1 Å². The van der Waals surface area contributed by atoms with Crippen molar-refractivity contribution in [1.29, 1.82) is 0 Å². The van der Waals surface area contributed by atoms with Gasteiger partial charge < -0.3 is 10.7 Å². The van der Waals surface area contributed by atoms with Gasteiger partial charge >= 0.3 is 0 Å². The van der Waals surface area contributed by atoms with Crippen LogP contribution in [0.15, 0.2) is 29.1 Å². The maximum Gasteiger partial charge on any atom is 0.259 e. The number of anilines is 1. The highest BCUT2D eigenvalue weighted by atomic mass is 16.1. The first-order valence-electron chi connectivity index (χ1n) is 6.03. The number of para-hydroxylation sites is 1. The fourth-order valence-corrected chi connectivity index (χ4v) is 2.12. The maximum atomic E-state index is 12.0. The number of hydrogen-bond acceptors (Lipinski definition) is 4. The monoisotopic (exact) mass is 255 g/mol. The molecule has 0 fully saturated rings. The van der Waals surface area contributed by atoms with Crippen molar-refractivity contribution in [3.8, 4) is 11.4 Å². The SMILES string of the molecule is CCc1[nH]nc(N)c1-c1nc2ccccc2c(=O)[nH]1. The lowest BCUT2D eigenvalue weighted by molar-refractivity contribution is 0.976. The number of nitrogens with two attached hydrogens (primary N) is 1. The molecule has 3 rings (SSSR count). The van der Waals surface area contributed by atoms with Crippen LogP contribution in [-0.4, -0.2) is 20.2 Å². The molecule has 0 aliphatic rings. The third-order valence-corrected chi connectivity index (χ3v) is 3.07. The number of rotatable bonds is 2. The average Bonchev–Trinajstić information content (AvgIpc) is 2.80. The van der Waals surface area contributed by atoms with Crippen molar-refractivity contribution in [2.45, 2.75) is 13.3 Å². The van der Waals surface area contributed by atoms with Crippen LogP contribution in [0.25, 0.3) is 22.3 Å². The summed E-state index contributed by atoms with van der Waals surface area (Å²) < 4.78 is 0. The Balaban J connectivity index is 2.32. The van der Waals surface area contributed by atoms with E-state index in [0.29, 0.717) is 28.1 Å². The Kier molecular flexibility index (Phi) is 2.56. The molecule has 2 aromatic heterocycles. The second-order valence-corrected chi connectivity index (χ2v) is 4.25. The number of fused-ring (bicyclic) bond motifs is 1. The number of nitrogen functional groups attached to an aromatic ring is 1. The zero-order valence-electron chi connectivity index (χ0n) is 10.4. The van der Waals surface area contributed by atoms with Crippen molar-refractivity contribution < 1.29 is 0 Å². The number of aromatic nitrogens is 4. The first-order valence-corrected chi connectivity index (χ1v) is 6.03. The number of hydrogen-bond donors (Lipinski definition) is 3. The van der Waals surface area contributed by atoms with E-state index in [1.807, 2.05) is 19.1 Å². The average molecular weight is 255 g/mol. The van der Waals surface area contributed by atoms with Gasteiger partial charge in [-0.1, -0.05) is 19.1 Å². The van der Waals surface area contributed by atoms with Crippen molar-refractivity contribution in [3.05, 3.63) is 40.3 Å². The highest BCUT2D eigenvalue weighted by Crippen LogP contribution is 2.25. The van der Waals surface area contributed by atoms with Crippen molar-refractivity contribution >= 4 is 16.7 Å². The quantitative estimate of drug-likeness (QED) is 0.645. The molecule has 0 amide bonds. The van der Waals surface area contributed by atoms with Gasteiger partial charge in [0, 0.05) is 5.69 Å². The normalized spacial score (nSPS) is 11.0. The summed E-state index contributed by atoms with van der Waals surface area (Å²) >= 11 is 0. The van der Waals surface area contributed by atoms with Crippen LogP contribution in [0.2, 0.25) is 0 Å². The molecule has 6 heteroatoms. The van der Waals surface area contributed by atoms with E-state index in [-0.39, 0.29) is 5.56 Å². The largest absolute Gasteiger partial charge is 0.382 e. The highest BCUT2D eigenvalue weighted by molar-refractivity contribution is 5.81. The Hall–Kier alpha value is -2.63. The molecule has 0 atom stereocenters. The number of aryl methyl sites for hydroxylation is 1. The first-order chi connectivity index (χ1) is 9.20. The molecular formula is C13H13N5O. The van der Waals surface area contributed by atoms with Gasteiger partial charge in [0.15, 0.2) is 5.82 Å². The molecule has 0 bridgehead atoms. The fraction of sp³-hybridized carbons (Fsp3) is 0.154. The second kappa shape index (κ2) is 4.24. The van der Waals surface area contributed by atoms with Gasteiger partial charge in [-0.25, -0.2) is 4.98 Å². The lowest BCUT2D eigenvalue weighted by Gasteiger charge is -2.03. The maximum absolute atomic E-state index is 12.0. The molecule has 3 aromatic rings. The van der Waals surface area contributed by atoms with Crippen molar-refractivity contribution in [1.82, 2.24) is 20.2 Å². The Morgan fingerprint density at radius 3 is 2.89 bits per heavy atom. The molecule has 0 aliphatic carbocycles. The van der Waals surface area contributed by atoms with Crippen LogP contribution in [0, 0.1) is 0 Å². The van der Waals surface area contributed by atoms with Crippen LogP contribution in [0.4, 0.5) is 5.82 Å². The summed E-state index contributed by atoms with van der Waals surface area (Å²) in [5, 5.41) is 7.38. The second-order valence-electron chi connectivity index (χ2n) is 4.25. The van der Waals surface area contributed by atoms with Gasteiger partial charge in [-0.2, -0.15) is 5.10 Å². The predicted molar refractivity (Wildman–Crippen MR) is 73.7 cm³/mol. The van der Waals surface area contributed by atoms with Crippen LogP contribution in [0.5, 0.6) is 0 Å². The third kappa shape index (κ3) is 1.77. The molecule has 2 heterocycles. The summed E-state index contributed by atoms with van der Waals surface area (Å²) in [5.41, 5.74) is 7.83. The fourth-order valence-electron chi connectivity index (χ4n) is 2.12. The van der Waals surface area contributed by atoms with Crippen LogP contribution in [-0.2, 0) is 6.42 Å². The van der Waals surface area contributed by atoms with E-state index in [2.05, 4.69) is 20.2 Å². The zero-order chi connectivity index (χ0) is 13.4. The molecule has 19 heavy (non-hydrogen) atoms. The molecule has 0 aliphatic heterocycles. The predicted octanol–water partition coefficient (Wildman–Crippen LogP) is 1.46. The summed E-state index contributed by atoms with van der Waals surface area (Å²) in [5.74, 6) is 0.794. The van der Waals surface area contributed by atoms with Gasteiger partial charge in [0.25, 0.3) is 5.56 Å². The number of aromatic amines is 2. The molecule has 0 saturated carbocycles. The molecule has 1 aromatic carbocycles. The minimum Gasteiger partial charge on any atom is -0.382 e. The van der Waals surface area contributed by atoms with Gasteiger partial charge in [-0.05, 0) is 18.6 Å². The lowest BCUT2D eigenvalue weighted by atomic mass is 10.1. The van der Waals surface area contributed by atoms with E-state index in [1.165, 1.54) is 0 Å². The highest BCUT2D eigenvalue weighted by Gasteiger charge is 2.15. The molecule has 0 radical (unpaired) electrons. The van der Waals surface area contributed by atoms with Crippen LogP contribution < -0.4 is 11.3 Å². The van der Waals surface area contributed by atoms with Gasteiger partial charge in [0.1, 0.15) is 5.82 Å². The summed E-state index contributed by atoms with van der Waals surface area (Å²) in [6, 6.07) is 7.20. The van der Waals surface area contributed by atoms with E-state index in [9.17, 15) is 4.79 Å². The standard InChI is InChI=1S/C13H13N5O/c1-2-8-10(11(14)18-17-8)12-15-9-6-4-3-5-7(9)13(19)16-12/h3-6H,2H2,1H3,(H3,14,17,18)(H,15,16,19). The smallest absolute Gasteiger partial charge is 0.259 e. The first kappa shape index (κ1) is 11.5. The van der Waals surface area contributed by atoms with Crippen LogP contribution in [0.1, 0.15) is 12.6 Å². The summed E-state index contributed by atoms with van der Waals surface area (Å²) in [4.78, 5) is 19.3. The van der Waals surface area contributed by atoms with Gasteiger partial charge in [-0.3, -0.25) is 9.89 Å². The van der Waals surface area contributed by atoms with E-state index in [4.69, 9.17) is 5.73 Å². The van der Waals surface area contributed by atoms with Gasteiger partial charge in [0.05, 0.1) is 16.5 Å². The Bertz CT molecular complexity index is 802. The van der Waals surface area contributed by atoms with Crippen LogP contribution >= 0.6 is 0 Å². The molecule has 4 N–H and O–H groups in total. The molecule has 6 nitrogen and oxygen atoms in total. The van der Waals surface area contributed by atoms with Crippen molar-refractivity contribution in [2.75, 3.05) is 5.73 Å². The molecule has 0 spiro atoms. The van der Waals surface area contributed by atoms with Gasteiger partial charge in [-0.15, -0.1) is 0 Å². The molecular weight excluding hydrogens is 242 g/mol. The number of benzene rings is 1. The minimum absolute atomic E-state index is 0.178. The molecule has 96 valence electrons. The van der Waals surface area contributed by atoms with Crippen LogP contribution in [0.3, 0.4) is 0 Å². The van der Waals surface area contributed by atoms with Gasteiger partial charge in [0.2, 0.25) is 0 Å². The summed E-state index contributed by atoms with van der Waals surface area (Å²) in [7, 11) is 0. The van der Waals surface area contributed by atoms with Crippen molar-refractivity contribution in [2.24, 2.45) is 0 Å². The lowest BCUT2D eigenvalue weighted by Crippen LogP contribution is -2.10. The molecule has 0 unspecified atom stereocenters. The number of H-pyrrole nitrogens is 2. The number of nitrogens with zero attached hydrogens (tertiary/aromatic N) is 2. The molecule has 0 saturated heterocycles. The van der Waals surface area contributed by atoms with E-state index < -0.39 is 0 Å². The summed E-state index contributed by atoms with van der Waals surface area (Å²) in [6.07, 6.45) is 0.732. The number of nitrogens with one attached hydrogen (secondary N) is 2. The third-order valence-electron chi connectivity index (χ3n) is 3.07. The van der Waals surface area contributed by atoms with Crippen molar-refractivity contribution in [3.63, 3.8) is 0 Å². The Labute approximate surface area is 108 Å². The topological polar surface area (TPSA) is 100 Å². The zero-order valence-corrected chi connectivity index (χ0v) is 10.4. The Morgan fingerprint density at radius 1 is 1.32 bits per heavy atom. The summed E-state index contributed by atoms with van der Waals surface area (Å²) in [6.45, 7) is 1.98. The van der Waals surface area contributed by atoms with E-state index >= 15 is 0 Å². The Morgan fingerprint density at radius 2 is 2.11 bits per heavy atom. The van der Waals surface area contributed by atoms with E-state index in [1.54, 1.807) is 12.1 Å². The minimum atomic E-state index is -0.178.